The van der Waals surface area contributed by atoms with E-state index < -0.39 is 5.54 Å². The lowest BCUT2D eigenvalue weighted by Crippen LogP contribution is -2.51. The Morgan fingerprint density at radius 3 is 2.83 bits per heavy atom. The summed E-state index contributed by atoms with van der Waals surface area (Å²) in [4.78, 5) is 12.0. The highest BCUT2D eigenvalue weighted by Gasteiger charge is 2.25. The van der Waals surface area contributed by atoms with Crippen molar-refractivity contribution in [3.63, 3.8) is 0 Å². The van der Waals surface area contributed by atoms with Crippen molar-refractivity contribution in [2.75, 3.05) is 13.2 Å². The molecule has 1 aromatic carbocycles. The molecule has 2 aromatic rings. The Kier molecular flexibility index (Phi) is 3.31. The molecule has 0 fully saturated rings. The lowest BCUT2D eigenvalue weighted by atomic mass is 10.0. The van der Waals surface area contributed by atoms with Crippen molar-refractivity contribution < 1.29 is 15.0 Å². The van der Waals surface area contributed by atoms with E-state index in [1.807, 2.05) is 0 Å². The van der Waals surface area contributed by atoms with Crippen LogP contribution in [0.1, 0.15) is 17.3 Å². The lowest BCUT2D eigenvalue weighted by molar-refractivity contribution is 0.0724. The van der Waals surface area contributed by atoms with Crippen LogP contribution in [0, 0.1) is 0 Å². The summed E-state index contributed by atoms with van der Waals surface area (Å²) in [5, 5.41) is 28.4. The minimum absolute atomic E-state index is 0.332. The number of amides is 1. The summed E-state index contributed by atoms with van der Waals surface area (Å²) >= 11 is 0. The molecule has 0 aliphatic rings. The van der Waals surface area contributed by atoms with Gasteiger partial charge in [-0.15, -0.1) is 0 Å². The fourth-order valence-electron chi connectivity index (χ4n) is 1.55. The van der Waals surface area contributed by atoms with Crippen molar-refractivity contribution in [3.05, 3.63) is 30.0 Å². The molecule has 96 valence electrons. The number of aliphatic hydroxyl groups excluding tert-OH is 2. The summed E-state index contributed by atoms with van der Waals surface area (Å²) in [6.07, 6.45) is 1.67. The molecular weight excluding hydrogens is 234 g/mol. The molecule has 0 aliphatic carbocycles. The molecule has 1 amide bonds. The molecular formula is C12H15N3O3. The molecule has 0 saturated heterocycles. The molecule has 4 N–H and O–H groups in total. The van der Waals surface area contributed by atoms with Crippen molar-refractivity contribution in [1.29, 1.82) is 0 Å². The molecule has 1 heterocycles. The molecule has 1 aromatic heterocycles. The second-order valence-electron chi connectivity index (χ2n) is 4.50. The number of rotatable bonds is 4. The van der Waals surface area contributed by atoms with Gasteiger partial charge in [0, 0.05) is 10.9 Å². The Morgan fingerprint density at radius 1 is 1.44 bits per heavy atom. The number of aliphatic hydroxyl groups is 2. The first kappa shape index (κ1) is 12.5. The number of nitrogens with zero attached hydrogens (tertiary/aromatic N) is 1. The average molecular weight is 249 g/mol. The predicted octanol–water partition coefficient (Wildman–Crippen LogP) is 0.0360. The monoisotopic (exact) mass is 249 g/mol. The van der Waals surface area contributed by atoms with Crippen LogP contribution in [0.4, 0.5) is 0 Å². The zero-order chi connectivity index (χ0) is 13.2. The second-order valence-corrected chi connectivity index (χ2v) is 4.50. The topological polar surface area (TPSA) is 98.2 Å². The SMILES string of the molecule is CC(CO)(CO)NC(=O)c1ccc2cn[nH]c2c1. The molecule has 0 aliphatic heterocycles. The van der Waals surface area contributed by atoms with Gasteiger partial charge in [0.2, 0.25) is 0 Å². The number of H-pyrrole nitrogens is 1. The number of carbonyl (C=O) groups excluding carboxylic acids is 1. The van der Waals surface area contributed by atoms with Gasteiger partial charge in [0.25, 0.3) is 5.91 Å². The normalized spacial score (nSPS) is 11.7. The van der Waals surface area contributed by atoms with E-state index in [0.29, 0.717) is 5.56 Å². The van der Waals surface area contributed by atoms with Gasteiger partial charge in [-0.25, -0.2) is 0 Å². The summed E-state index contributed by atoms with van der Waals surface area (Å²) in [5.74, 6) is -0.350. The molecule has 0 radical (unpaired) electrons. The Balaban J connectivity index is 2.22. The maximum absolute atomic E-state index is 12.0. The van der Waals surface area contributed by atoms with E-state index in [9.17, 15) is 4.79 Å². The number of carbonyl (C=O) groups is 1. The van der Waals surface area contributed by atoms with Crippen LogP contribution in [-0.2, 0) is 0 Å². The van der Waals surface area contributed by atoms with Gasteiger partial charge >= 0.3 is 0 Å². The van der Waals surface area contributed by atoms with Gasteiger partial charge < -0.3 is 15.5 Å². The third-order valence-corrected chi connectivity index (χ3v) is 2.82. The molecule has 18 heavy (non-hydrogen) atoms. The van der Waals surface area contributed by atoms with E-state index in [1.54, 1.807) is 31.3 Å². The summed E-state index contributed by atoms with van der Waals surface area (Å²) in [5.41, 5.74) is 0.178. The summed E-state index contributed by atoms with van der Waals surface area (Å²) in [6.45, 7) is 0.905. The summed E-state index contributed by atoms with van der Waals surface area (Å²) in [6, 6.07) is 5.12. The Hall–Kier alpha value is -1.92. The third kappa shape index (κ3) is 2.34. The van der Waals surface area contributed by atoms with Crippen molar-refractivity contribution in [2.45, 2.75) is 12.5 Å². The Bertz CT molecular complexity index is 560. The van der Waals surface area contributed by atoms with E-state index >= 15 is 0 Å². The van der Waals surface area contributed by atoms with Gasteiger partial charge in [-0.2, -0.15) is 5.10 Å². The highest BCUT2D eigenvalue weighted by Crippen LogP contribution is 2.13. The molecule has 0 saturated carbocycles. The van der Waals surface area contributed by atoms with Crippen LogP contribution in [0.2, 0.25) is 0 Å². The first-order valence-electron chi connectivity index (χ1n) is 5.55. The minimum Gasteiger partial charge on any atom is -0.394 e. The fourth-order valence-corrected chi connectivity index (χ4v) is 1.55. The van der Waals surface area contributed by atoms with Crippen LogP contribution in [0.25, 0.3) is 10.9 Å². The number of benzene rings is 1. The molecule has 6 nitrogen and oxygen atoms in total. The lowest BCUT2D eigenvalue weighted by Gasteiger charge is -2.26. The number of aromatic nitrogens is 2. The van der Waals surface area contributed by atoms with Crippen LogP contribution in [0.5, 0.6) is 0 Å². The maximum Gasteiger partial charge on any atom is 0.251 e. The van der Waals surface area contributed by atoms with Crippen molar-refractivity contribution in [1.82, 2.24) is 15.5 Å². The molecule has 0 unspecified atom stereocenters. The van der Waals surface area contributed by atoms with E-state index in [4.69, 9.17) is 10.2 Å². The smallest absolute Gasteiger partial charge is 0.251 e. The zero-order valence-corrected chi connectivity index (χ0v) is 9.97. The van der Waals surface area contributed by atoms with Gasteiger partial charge in [0.05, 0.1) is 30.5 Å². The third-order valence-electron chi connectivity index (χ3n) is 2.82. The van der Waals surface area contributed by atoms with Gasteiger partial charge in [-0.3, -0.25) is 9.89 Å². The fraction of sp³-hybridized carbons (Fsp3) is 0.333. The van der Waals surface area contributed by atoms with E-state index in [1.165, 1.54) is 0 Å². The van der Waals surface area contributed by atoms with E-state index in [2.05, 4.69) is 15.5 Å². The summed E-state index contributed by atoms with van der Waals surface area (Å²) < 4.78 is 0. The molecule has 2 rings (SSSR count). The van der Waals surface area contributed by atoms with Crippen molar-refractivity contribution in [2.24, 2.45) is 0 Å². The first-order valence-corrected chi connectivity index (χ1v) is 5.55. The molecule has 0 bridgehead atoms. The van der Waals surface area contributed by atoms with Crippen LogP contribution in [0.3, 0.4) is 0 Å². The van der Waals surface area contributed by atoms with E-state index in [0.717, 1.165) is 10.9 Å². The van der Waals surface area contributed by atoms with Crippen LogP contribution in [-0.4, -0.2) is 45.1 Å². The highest BCUT2D eigenvalue weighted by molar-refractivity contribution is 5.98. The van der Waals surface area contributed by atoms with Crippen molar-refractivity contribution >= 4 is 16.8 Å². The minimum atomic E-state index is -1.03. The van der Waals surface area contributed by atoms with Gasteiger partial charge in [-0.1, -0.05) is 6.07 Å². The first-order chi connectivity index (χ1) is 8.58. The number of fused-ring (bicyclic) bond motifs is 1. The predicted molar refractivity (Wildman–Crippen MR) is 66.1 cm³/mol. The number of nitrogens with one attached hydrogen (secondary N) is 2. The maximum atomic E-state index is 12.0. The van der Waals surface area contributed by atoms with Crippen molar-refractivity contribution in [3.8, 4) is 0 Å². The van der Waals surface area contributed by atoms with Gasteiger partial charge in [0.15, 0.2) is 0 Å². The average Bonchev–Trinajstić information content (AvgIpc) is 2.85. The summed E-state index contributed by atoms with van der Waals surface area (Å²) in [7, 11) is 0. The van der Waals surface area contributed by atoms with Crippen LogP contribution in [0.15, 0.2) is 24.4 Å². The standard InChI is InChI=1S/C12H15N3O3/c1-12(6-16,7-17)14-11(18)8-2-3-9-5-13-15-10(9)4-8/h2-5,16-17H,6-7H2,1H3,(H,13,15)(H,14,18). The highest BCUT2D eigenvalue weighted by atomic mass is 16.3. The Morgan fingerprint density at radius 2 is 2.17 bits per heavy atom. The number of hydrogen-bond acceptors (Lipinski definition) is 4. The second kappa shape index (κ2) is 4.75. The zero-order valence-electron chi connectivity index (χ0n) is 9.97. The quantitative estimate of drug-likeness (QED) is 0.614. The largest absolute Gasteiger partial charge is 0.394 e. The van der Waals surface area contributed by atoms with Crippen LogP contribution < -0.4 is 5.32 Å². The van der Waals surface area contributed by atoms with Gasteiger partial charge in [0.1, 0.15) is 0 Å². The van der Waals surface area contributed by atoms with Crippen LogP contribution >= 0.6 is 0 Å². The number of aromatic amines is 1. The molecule has 0 atom stereocenters. The molecule has 0 spiro atoms. The molecule has 6 heteroatoms. The number of hydrogen-bond donors (Lipinski definition) is 4. The van der Waals surface area contributed by atoms with E-state index in [-0.39, 0.29) is 19.1 Å². The Labute approximate surface area is 104 Å². The van der Waals surface area contributed by atoms with Gasteiger partial charge in [-0.05, 0) is 19.1 Å².